The van der Waals surface area contributed by atoms with Crippen LogP contribution in [-0.2, 0) is 6.54 Å². The predicted octanol–water partition coefficient (Wildman–Crippen LogP) is 3.30. The fourth-order valence-corrected chi connectivity index (χ4v) is 2.56. The highest BCUT2D eigenvalue weighted by atomic mass is 19.1. The second kappa shape index (κ2) is 7.65. The first-order valence-corrected chi connectivity index (χ1v) is 7.97. The van der Waals surface area contributed by atoms with Crippen LogP contribution in [0.1, 0.15) is 15.9 Å². The molecule has 3 rings (SSSR count). The van der Waals surface area contributed by atoms with Gasteiger partial charge < -0.3 is 14.6 Å². The van der Waals surface area contributed by atoms with Crippen molar-refractivity contribution < 1.29 is 13.9 Å². The van der Waals surface area contributed by atoms with Crippen LogP contribution in [-0.4, -0.2) is 17.6 Å². The molecule has 0 fully saturated rings. The average molecular weight is 352 g/mol. The number of nitrogens with zero attached hydrogens (tertiary/aromatic N) is 1. The summed E-state index contributed by atoms with van der Waals surface area (Å²) in [6.45, 7) is 0.359. The molecular formula is C20H17FN2O3. The quantitative estimate of drug-likeness (QED) is 0.766. The molecule has 0 aliphatic rings. The lowest BCUT2D eigenvalue weighted by molar-refractivity contribution is 0.102. The van der Waals surface area contributed by atoms with Gasteiger partial charge in [-0.05, 0) is 29.8 Å². The summed E-state index contributed by atoms with van der Waals surface area (Å²) in [5.74, 6) is -1.12. The van der Waals surface area contributed by atoms with Crippen LogP contribution in [0.15, 0.2) is 71.7 Å². The minimum absolute atomic E-state index is 0.0142. The van der Waals surface area contributed by atoms with Crippen molar-refractivity contribution in [3.05, 3.63) is 94.2 Å². The molecule has 1 aromatic heterocycles. The van der Waals surface area contributed by atoms with Crippen LogP contribution in [0.25, 0.3) is 0 Å². The Morgan fingerprint density at radius 2 is 1.88 bits per heavy atom. The summed E-state index contributed by atoms with van der Waals surface area (Å²) in [6, 6.07) is 16.6. The van der Waals surface area contributed by atoms with E-state index in [4.69, 9.17) is 4.74 Å². The van der Waals surface area contributed by atoms with E-state index < -0.39 is 17.3 Å². The van der Waals surface area contributed by atoms with Gasteiger partial charge in [0.15, 0.2) is 11.6 Å². The van der Waals surface area contributed by atoms with Crippen LogP contribution in [0.3, 0.4) is 0 Å². The number of halogens is 1. The van der Waals surface area contributed by atoms with Gasteiger partial charge >= 0.3 is 0 Å². The standard InChI is InChI=1S/C20H17FN2O3/c1-26-18-10-9-15(12-17(18)21)22-19(24)16-8-5-11-23(20(16)25)13-14-6-3-2-4-7-14/h2-12H,13H2,1H3,(H,22,24). The van der Waals surface area contributed by atoms with Crippen molar-refractivity contribution in [1.29, 1.82) is 0 Å². The van der Waals surface area contributed by atoms with Crippen LogP contribution >= 0.6 is 0 Å². The molecule has 1 amide bonds. The van der Waals surface area contributed by atoms with E-state index in [1.54, 1.807) is 12.3 Å². The van der Waals surface area contributed by atoms with Gasteiger partial charge in [0.25, 0.3) is 11.5 Å². The summed E-state index contributed by atoms with van der Waals surface area (Å²) in [5.41, 5.74) is 0.762. The average Bonchev–Trinajstić information content (AvgIpc) is 2.64. The molecule has 0 atom stereocenters. The van der Waals surface area contributed by atoms with Crippen LogP contribution in [0, 0.1) is 5.82 Å². The van der Waals surface area contributed by atoms with Crippen molar-refractivity contribution in [2.24, 2.45) is 0 Å². The van der Waals surface area contributed by atoms with E-state index in [0.717, 1.165) is 11.6 Å². The molecule has 0 unspecified atom stereocenters. The van der Waals surface area contributed by atoms with Gasteiger partial charge in [-0.3, -0.25) is 9.59 Å². The molecule has 2 aromatic carbocycles. The van der Waals surface area contributed by atoms with Gasteiger partial charge in [0.1, 0.15) is 5.56 Å². The third-order valence-electron chi connectivity index (χ3n) is 3.87. The van der Waals surface area contributed by atoms with E-state index >= 15 is 0 Å². The third-order valence-corrected chi connectivity index (χ3v) is 3.87. The Morgan fingerprint density at radius 1 is 1.12 bits per heavy atom. The summed E-state index contributed by atoms with van der Waals surface area (Å²) < 4.78 is 20.0. The lowest BCUT2D eigenvalue weighted by Crippen LogP contribution is -2.29. The smallest absolute Gasteiger partial charge is 0.263 e. The van der Waals surface area contributed by atoms with Crippen LogP contribution in [0.4, 0.5) is 10.1 Å². The summed E-state index contributed by atoms with van der Waals surface area (Å²) in [5, 5.41) is 2.53. The molecule has 0 aliphatic heterocycles. The van der Waals surface area contributed by atoms with Crippen molar-refractivity contribution in [3.8, 4) is 5.75 Å². The fourth-order valence-electron chi connectivity index (χ4n) is 2.56. The molecule has 1 heterocycles. The molecule has 3 aromatic rings. The number of rotatable bonds is 5. The number of carbonyl (C=O) groups excluding carboxylic acids is 1. The molecule has 0 aliphatic carbocycles. The summed E-state index contributed by atoms with van der Waals surface area (Å²) in [4.78, 5) is 25.0. The lowest BCUT2D eigenvalue weighted by atomic mass is 10.2. The number of nitrogens with one attached hydrogen (secondary N) is 1. The van der Waals surface area contributed by atoms with Crippen molar-refractivity contribution in [1.82, 2.24) is 4.57 Å². The Hall–Kier alpha value is -3.41. The minimum Gasteiger partial charge on any atom is -0.494 e. The van der Waals surface area contributed by atoms with E-state index in [0.29, 0.717) is 6.54 Å². The molecule has 5 nitrogen and oxygen atoms in total. The number of pyridine rings is 1. The van der Waals surface area contributed by atoms with Gasteiger partial charge in [0.05, 0.1) is 13.7 Å². The van der Waals surface area contributed by atoms with Crippen molar-refractivity contribution >= 4 is 11.6 Å². The molecule has 0 bridgehead atoms. The highest BCUT2D eigenvalue weighted by Gasteiger charge is 2.13. The normalized spacial score (nSPS) is 10.4. The van der Waals surface area contributed by atoms with Gasteiger partial charge in [-0.15, -0.1) is 0 Å². The van der Waals surface area contributed by atoms with Crippen LogP contribution < -0.4 is 15.6 Å². The zero-order valence-corrected chi connectivity index (χ0v) is 14.1. The van der Waals surface area contributed by atoms with Crippen molar-refractivity contribution in [3.63, 3.8) is 0 Å². The van der Waals surface area contributed by atoms with E-state index in [9.17, 15) is 14.0 Å². The maximum Gasteiger partial charge on any atom is 0.263 e. The Morgan fingerprint density at radius 3 is 2.58 bits per heavy atom. The monoisotopic (exact) mass is 352 g/mol. The summed E-state index contributed by atoms with van der Waals surface area (Å²) in [7, 11) is 1.36. The zero-order chi connectivity index (χ0) is 18.5. The van der Waals surface area contributed by atoms with Crippen LogP contribution in [0.5, 0.6) is 5.75 Å². The molecule has 0 saturated heterocycles. The number of benzene rings is 2. The van der Waals surface area contributed by atoms with Gasteiger partial charge in [-0.2, -0.15) is 0 Å². The fraction of sp³-hybridized carbons (Fsp3) is 0.100. The zero-order valence-electron chi connectivity index (χ0n) is 14.1. The summed E-state index contributed by atoms with van der Waals surface area (Å²) >= 11 is 0. The first-order valence-electron chi connectivity index (χ1n) is 7.97. The van der Waals surface area contributed by atoms with Gasteiger partial charge in [-0.1, -0.05) is 30.3 Å². The molecule has 1 N–H and O–H groups in total. The topological polar surface area (TPSA) is 60.3 Å². The van der Waals surface area contributed by atoms with Crippen LogP contribution in [0.2, 0.25) is 0 Å². The minimum atomic E-state index is -0.597. The maximum atomic E-state index is 13.7. The lowest BCUT2D eigenvalue weighted by Gasteiger charge is -2.10. The molecule has 26 heavy (non-hydrogen) atoms. The highest BCUT2D eigenvalue weighted by molar-refractivity contribution is 6.04. The Bertz CT molecular complexity index is 984. The molecule has 132 valence electrons. The van der Waals surface area contributed by atoms with E-state index in [2.05, 4.69) is 5.32 Å². The number of amides is 1. The largest absolute Gasteiger partial charge is 0.494 e. The van der Waals surface area contributed by atoms with Gasteiger partial charge in [0, 0.05) is 18.0 Å². The Balaban J connectivity index is 1.83. The SMILES string of the molecule is COc1ccc(NC(=O)c2cccn(Cc3ccccc3)c2=O)cc1F. The Labute approximate surface area is 149 Å². The number of anilines is 1. The van der Waals surface area contributed by atoms with Crippen molar-refractivity contribution in [2.45, 2.75) is 6.54 Å². The molecule has 0 spiro atoms. The third kappa shape index (κ3) is 3.80. The predicted molar refractivity (Wildman–Crippen MR) is 97.2 cm³/mol. The van der Waals surface area contributed by atoms with Gasteiger partial charge in [-0.25, -0.2) is 4.39 Å². The highest BCUT2D eigenvalue weighted by Crippen LogP contribution is 2.20. The molecular weight excluding hydrogens is 335 g/mol. The maximum absolute atomic E-state index is 13.7. The van der Waals surface area contributed by atoms with E-state index in [1.807, 2.05) is 30.3 Å². The second-order valence-corrected chi connectivity index (χ2v) is 5.64. The first-order chi connectivity index (χ1) is 12.6. The molecule has 0 saturated carbocycles. The van der Waals surface area contributed by atoms with Crippen molar-refractivity contribution in [2.75, 3.05) is 12.4 Å². The summed E-state index contributed by atoms with van der Waals surface area (Å²) in [6.07, 6.45) is 1.62. The Kier molecular flexibility index (Phi) is 5.12. The number of carbonyl (C=O) groups is 1. The second-order valence-electron chi connectivity index (χ2n) is 5.64. The molecule has 0 radical (unpaired) electrons. The number of hydrogen-bond acceptors (Lipinski definition) is 3. The number of hydrogen-bond donors (Lipinski definition) is 1. The first kappa shape index (κ1) is 17.4. The van der Waals surface area contributed by atoms with E-state index in [1.165, 1.54) is 29.9 Å². The van der Waals surface area contributed by atoms with Gasteiger partial charge in [0.2, 0.25) is 0 Å². The number of aromatic nitrogens is 1. The van der Waals surface area contributed by atoms with E-state index in [-0.39, 0.29) is 17.0 Å². The number of methoxy groups -OCH3 is 1. The molecule has 6 heteroatoms. The number of ether oxygens (including phenoxy) is 1.